The summed E-state index contributed by atoms with van der Waals surface area (Å²) in [4.78, 5) is 25.0. The summed E-state index contributed by atoms with van der Waals surface area (Å²) in [7, 11) is 2.84. The van der Waals surface area contributed by atoms with Gasteiger partial charge in [0.25, 0.3) is 0 Å². The Morgan fingerprint density at radius 3 is 1.36 bits per heavy atom. The van der Waals surface area contributed by atoms with Crippen molar-refractivity contribution < 1.29 is 19.1 Å². The molecule has 0 saturated heterocycles. The molecule has 0 aromatic rings. The van der Waals surface area contributed by atoms with E-state index in [0.29, 0.717) is 36.1 Å². The van der Waals surface area contributed by atoms with Crippen LogP contribution >= 0.6 is 0 Å². The molecule has 0 atom stereocenters. The number of methoxy groups -OCH3 is 2. The van der Waals surface area contributed by atoms with Crippen LogP contribution in [-0.2, 0) is 19.1 Å². The van der Waals surface area contributed by atoms with Crippen molar-refractivity contribution in [3.05, 3.63) is 22.5 Å². The zero-order valence-electron chi connectivity index (χ0n) is 17.3. The minimum Gasteiger partial charge on any atom is -0.466 e. The van der Waals surface area contributed by atoms with Gasteiger partial charge in [0, 0.05) is 36.3 Å². The van der Waals surface area contributed by atoms with Crippen LogP contribution in [0.3, 0.4) is 0 Å². The highest BCUT2D eigenvalue weighted by Crippen LogP contribution is 2.32. The van der Waals surface area contributed by atoms with Crippen LogP contribution in [0.1, 0.15) is 77.0 Å². The lowest BCUT2D eigenvalue weighted by Crippen LogP contribution is -2.38. The molecule has 6 nitrogen and oxygen atoms in total. The predicted molar refractivity (Wildman–Crippen MR) is 107 cm³/mol. The van der Waals surface area contributed by atoms with Crippen molar-refractivity contribution in [3.8, 4) is 0 Å². The third-order valence-corrected chi connectivity index (χ3v) is 6.27. The lowest BCUT2D eigenvalue weighted by molar-refractivity contribution is -0.137. The standard InChI is InChI=1S/C22H34N2O4/c1-27-21(25)17-13-20(24-16-11-7-4-8-12-16)18(22(26)28-2)14-19(17)23-15-9-5-3-6-10-15/h15-16,23-24H,3-14H2,1-2H3. The molecule has 3 aliphatic carbocycles. The fourth-order valence-electron chi connectivity index (χ4n) is 4.68. The first-order valence-corrected chi connectivity index (χ1v) is 10.8. The highest BCUT2D eigenvalue weighted by molar-refractivity contribution is 5.95. The fourth-order valence-corrected chi connectivity index (χ4v) is 4.68. The molecular formula is C22H34N2O4. The van der Waals surface area contributed by atoms with Crippen LogP contribution < -0.4 is 10.6 Å². The van der Waals surface area contributed by atoms with Gasteiger partial charge < -0.3 is 20.1 Å². The molecule has 0 aromatic carbocycles. The fraction of sp³-hybridized carbons (Fsp3) is 0.727. The van der Waals surface area contributed by atoms with Gasteiger partial charge in [-0.25, -0.2) is 9.59 Å². The first-order valence-electron chi connectivity index (χ1n) is 10.8. The number of hydrogen-bond acceptors (Lipinski definition) is 6. The van der Waals surface area contributed by atoms with Crippen LogP contribution in [0.4, 0.5) is 0 Å². The summed E-state index contributed by atoms with van der Waals surface area (Å²) >= 11 is 0. The summed E-state index contributed by atoms with van der Waals surface area (Å²) < 4.78 is 10.1. The minimum atomic E-state index is -0.315. The molecule has 28 heavy (non-hydrogen) atoms. The monoisotopic (exact) mass is 390 g/mol. The Morgan fingerprint density at radius 1 is 0.679 bits per heavy atom. The van der Waals surface area contributed by atoms with Gasteiger partial charge in [0.15, 0.2) is 0 Å². The van der Waals surface area contributed by atoms with E-state index in [1.807, 2.05) is 0 Å². The van der Waals surface area contributed by atoms with Gasteiger partial charge in [-0.3, -0.25) is 0 Å². The minimum absolute atomic E-state index is 0.315. The maximum atomic E-state index is 12.5. The van der Waals surface area contributed by atoms with Crippen molar-refractivity contribution in [2.45, 2.75) is 89.1 Å². The SMILES string of the molecule is COC(=O)C1=C(NC2CCCCC2)CC(C(=O)OC)=C(NC2CCCCC2)C1. The maximum Gasteiger partial charge on any atom is 0.335 e. The van der Waals surface area contributed by atoms with E-state index < -0.39 is 0 Å². The number of nitrogens with one attached hydrogen (secondary N) is 2. The van der Waals surface area contributed by atoms with Gasteiger partial charge >= 0.3 is 11.9 Å². The Morgan fingerprint density at radius 2 is 1.04 bits per heavy atom. The maximum absolute atomic E-state index is 12.5. The van der Waals surface area contributed by atoms with Crippen molar-refractivity contribution in [2.75, 3.05) is 14.2 Å². The van der Waals surface area contributed by atoms with E-state index in [1.54, 1.807) is 0 Å². The van der Waals surface area contributed by atoms with Gasteiger partial charge in [0.1, 0.15) is 0 Å². The summed E-state index contributed by atoms with van der Waals surface area (Å²) in [5.74, 6) is -0.629. The normalized spacial score (nSPS) is 22.1. The van der Waals surface area contributed by atoms with Crippen LogP contribution in [0.15, 0.2) is 22.5 Å². The zero-order valence-corrected chi connectivity index (χ0v) is 17.3. The van der Waals surface area contributed by atoms with E-state index >= 15 is 0 Å². The molecule has 0 heterocycles. The molecule has 0 radical (unpaired) electrons. The number of hydrogen-bond donors (Lipinski definition) is 2. The highest BCUT2D eigenvalue weighted by Gasteiger charge is 2.31. The van der Waals surface area contributed by atoms with E-state index in [2.05, 4.69) is 10.6 Å². The molecule has 6 heteroatoms. The number of allylic oxidation sites excluding steroid dienone is 2. The lowest BCUT2D eigenvalue weighted by Gasteiger charge is -2.32. The molecule has 0 unspecified atom stereocenters. The average molecular weight is 391 g/mol. The van der Waals surface area contributed by atoms with E-state index in [1.165, 1.54) is 52.7 Å². The lowest BCUT2D eigenvalue weighted by atomic mass is 9.89. The molecule has 3 rings (SSSR count). The summed E-state index contributed by atoms with van der Waals surface area (Å²) in [5.41, 5.74) is 2.93. The van der Waals surface area contributed by atoms with Crippen LogP contribution in [0.25, 0.3) is 0 Å². The van der Waals surface area contributed by atoms with Crippen molar-refractivity contribution in [1.29, 1.82) is 0 Å². The molecule has 3 aliphatic rings. The van der Waals surface area contributed by atoms with Crippen molar-refractivity contribution in [1.82, 2.24) is 10.6 Å². The Kier molecular flexibility index (Phi) is 7.40. The van der Waals surface area contributed by atoms with E-state index in [9.17, 15) is 9.59 Å². The Bertz CT molecular complexity index is 585. The Labute approximate surface area is 168 Å². The summed E-state index contributed by atoms with van der Waals surface area (Å²) in [5, 5.41) is 7.13. The number of carbonyl (C=O) groups is 2. The predicted octanol–water partition coefficient (Wildman–Crippen LogP) is 3.48. The van der Waals surface area contributed by atoms with Crippen LogP contribution in [0, 0.1) is 0 Å². The van der Waals surface area contributed by atoms with Crippen LogP contribution in [0.5, 0.6) is 0 Å². The zero-order chi connectivity index (χ0) is 19.9. The van der Waals surface area contributed by atoms with E-state index in [0.717, 1.165) is 37.1 Å². The molecule has 0 amide bonds. The van der Waals surface area contributed by atoms with Gasteiger partial charge in [-0.2, -0.15) is 0 Å². The largest absolute Gasteiger partial charge is 0.466 e. The molecular weight excluding hydrogens is 356 g/mol. The molecule has 0 spiro atoms. The second-order valence-electron chi connectivity index (χ2n) is 8.21. The van der Waals surface area contributed by atoms with Gasteiger partial charge in [0.2, 0.25) is 0 Å². The third-order valence-electron chi connectivity index (χ3n) is 6.27. The first kappa shape index (κ1) is 20.7. The second kappa shape index (κ2) is 9.99. The second-order valence-corrected chi connectivity index (χ2v) is 8.21. The molecule has 2 fully saturated rings. The molecule has 0 aliphatic heterocycles. The molecule has 156 valence electrons. The van der Waals surface area contributed by atoms with E-state index in [-0.39, 0.29) is 11.9 Å². The summed E-state index contributed by atoms with van der Waals surface area (Å²) in [6, 6.07) is 0.713. The Balaban J connectivity index is 1.83. The first-order chi connectivity index (χ1) is 13.6. The quantitative estimate of drug-likeness (QED) is 0.676. The van der Waals surface area contributed by atoms with Gasteiger partial charge in [-0.05, 0) is 25.7 Å². The summed E-state index contributed by atoms with van der Waals surface area (Å²) in [6.45, 7) is 0. The van der Waals surface area contributed by atoms with Gasteiger partial charge in [-0.15, -0.1) is 0 Å². The number of rotatable bonds is 6. The summed E-state index contributed by atoms with van der Waals surface area (Å²) in [6.07, 6.45) is 12.5. The number of ether oxygens (including phenoxy) is 2. The van der Waals surface area contributed by atoms with E-state index in [4.69, 9.17) is 9.47 Å². The smallest absolute Gasteiger partial charge is 0.335 e. The average Bonchev–Trinajstić information content (AvgIpc) is 2.74. The molecule has 2 saturated carbocycles. The van der Waals surface area contributed by atoms with Gasteiger partial charge in [0.05, 0.1) is 25.4 Å². The number of carbonyl (C=O) groups excluding carboxylic acids is 2. The van der Waals surface area contributed by atoms with Crippen molar-refractivity contribution in [2.24, 2.45) is 0 Å². The molecule has 0 bridgehead atoms. The van der Waals surface area contributed by atoms with Gasteiger partial charge in [-0.1, -0.05) is 38.5 Å². The molecule has 2 N–H and O–H groups in total. The Hall–Kier alpha value is -1.98. The van der Waals surface area contributed by atoms with Crippen LogP contribution in [-0.4, -0.2) is 38.2 Å². The van der Waals surface area contributed by atoms with Crippen LogP contribution in [0.2, 0.25) is 0 Å². The third kappa shape index (κ3) is 5.09. The van der Waals surface area contributed by atoms with Crippen molar-refractivity contribution >= 4 is 11.9 Å². The topological polar surface area (TPSA) is 76.7 Å². The van der Waals surface area contributed by atoms with Crippen molar-refractivity contribution in [3.63, 3.8) is 0 Å². The molecule has 0 aromatic heterocycles. The number of esters is 2. The highest BCUT2D eigenvalue weighted by atomic mass is 16.5.